The van der Waals surface area contributed by atoms with Gasteiger partial charge in [0.15, 0.2) is 0 Å². The van der Waals surface area contributed by atoms with Crippen molar-refractivity contribution in [2.45, 2.75) is 20.0 Å². The number of carbonyl (C=O) groups is 1. The summed E-state index contributed by atoms with van der Waals surface area (Å²) in [5.41, 5.74) is 0.455. The largest absolute Gasteiger partial charge is 0.332 e. The quantitative estimate of drug-likeness (QED) is 0.530. The van der Waals surface area contributed by atoms with Crippen molar-refractivity contribution in [3.05, 3.63) is 75.3 Å². The number of rotatable bonds is 5. The van der Waals surface area contributed by atoms with E-state index in [1.807, 2.05) is 0 Å². The summed E-state index contributed by atoms with van der Waals surface area (Å²) in [6.45, 7) is 1.49. The third-order valence-corrected chi connectivity index (χ3v) is 5.32. The number of nitrogens with zero attached hydrogens (tertiary/aromatic N) is 4. The normalized spacial score (nSPS) is 11.0. The number of pyridine rings is 1. The number of benzene rings is 1. The summed E-state index contributed by atoms with van der Waals surface area (Å²) in [5, 5.41) is 2.63. The van der Waals surface area contributed by atoms with Crippen LogP contribution in [0.2, 0.25) is 0 Å². The summed E-state index contributed by atoms with van der Waals surface area (Å²) in [6, 6.07) is 10.5. The number of fused-ring (bicyclic) bond motifs is 1. The highest BCUT2D eigenvalue weighted by Gasteiger charge is 2.21. The van der Waals surface area contributed by atoms with Crippen LogP contribution in [-0.4, -0.2) is 24.4 Å². The number of anilines is 1. The fourth-order valence-corrected chi connectivity index (χ4v) is 3.94. The minimum Gasteiger partial charge on any atom is -0.325 e. The molecule has 0 aliphatic rings. The van der Waals surface area contributed by atoms with Gasteiger partial charge in [0.25, 0.3) is 5.56 Å². The minimum absolute atomic E-state index is 0.157. The Morgan fingerprint density at radius 2 is 1.90 bits per heavy atom. The number of hydrogen-bond acceptors (Lipinski definition) is 6. The molecular weight excluding hydrogens is 409 g/mol. The second kappa shape index (κ2) is 7.99. The lowest BCUT2D eigenvalue weighted by molar-refractivity contribution is -0.116. The summed E-state index contributed by atoms with van der Waals surface area (Å²) in [5.74, 6) is -0.921. The van der Waals surface area contributed by atoms with Crippen LogP contribution in [0.5, 0.6) is 0 Å². The molecule has 3 heterocycles. The van der Waals surface area contributed by atoms with E-state index in [4.69, 9.17) is 0 Å². The summed E-state index contributed by atoms with van der Waals surface area (Å²) >= 11 is 0.964. The molecule has 0 fully saturated rings. The van der Waals surface area contributed by atoms with Crippen molar-refractivity contribution in [3.63, 3.8) is 0 Å². The predicted molar refractivity (Wildman–Crippen MR) is 112 cm³/mol. The highest BCUT2D eigenvalue weighted by atomic mass is 32.1. The first kappa shape index (κ1) is 19.6. The fourth-order valence-electron chi connectivity index (χ4n) is 3.10. The maximum absolute atomic E-state index is 13.1. The molecular formula is C20H16FN5O3S. The Morgan fingerprint density at radius 3 is 2.57 bits per heavy atom. The Bertz CT molecular complexity index is 1340. The zero-order valence-electron chi connectivity index (χ0n) is 15.8. The monoisotopic (exact) mass is 425 g/mol. The number of nitrogens with one attached hydrogen (secondary N) is 1. The topological polar surface area (TPSA) is 98.9 Å². The van der Waals surface area contributed by atoms with Crippen LogP contribution in [0.4, 0.5) is 10.1 Å². The molecule has 30 heavy (non-hydrogen) atoms. The van der Waals surface area contributed by atoms with Crippen LogP contribution >= 0.6 is 11.5 Å². The SMILES string of the molecule is CCn1c(=O)c2snc(-c3ccccn3)c2n(CC(=O)Nc2ccc(F)cc2)c1=O. The van der Waals surface area contributed by atoms with E-state index in [-0.39, 0.29) is 23.3 Å². The molecule has 4 rings (SSSR count). The van der Waals surface area contributed by atoms with Gasteiger partial charge in [0, 0.05) is 18.4 Å². The molecule has 3 aromatic heterocycles. The molecule has 0 atom stereocenters. The van der Waals surface area contributed by atoms with Crippen molar-refractivity contribution in [1.82, 2.24) is 18.5 Å². The smallest absolute Gasteiger partial charge is 0.325 e. The van der Waals surface area contributed by atoms with Crippen LogP contribution < -0.4 is 16.6 Å². The van der Waals surface area contributed by atoms with Crippen LogP contribution in [0.15, 0.2) is 58.3 Å². The Balaban J connectivity index is 1.84. The van der Waals surface area contributed by atoms with Crippen LogP contribution in [0.1, 0.15) is 6.92 Å². The Labute approximate surface area is 173 Å². The molecule has 0 spiro atoms. The third kappa shape index (κ3) is 3.52. The van der Waals surface area contributed by atoms with Crippen molar-refractivity contribution in [3.8, 4) is 11.4 Å². The van der Waals surface area contributed by atoms with Crippen molar-refractivity contribution in [2.75, 3.05) is 5.32 Å². The van der Waals surface area contributed by atoms with Crippen LogP contribution in [-0.2, 0) is 17.9 Å². The van der Waals surface area contributed by atoms with Gasteiger partial charge in [-0.05, 0) is 54.9 Å². The summed E-state index contributed by atoms with van der Waals surface area (Å²) in [4.78, 5) is 42.6. The van der Waals surface area contributed by atoms with E-state index in [1.54, 1.807) is 31.3 Å². The molecule has 152 valence electrons. The summed E-state index contributed by atoms with van der Waals surface area (Å²) < 4.78 is 20.0. The number of amides is 1. The highest BCUT2D eigenvalue weighted by molar-refractivity contribution is 7.13. The predicted octanol–water partition coefficient (Wildman–Crippen LogP) is 2.48. The van der Waals surface area contributed by atoms with E-state index in [9.17, 15) is 18.8 Å². The third-order valence-electron chi connectivity index (χ3n) is 4.49. The second-order valence-electron chi connectivity index (χ2n) is 6.40. The molecule has 10 heteroatoms. The maximum atomic E-state index is 13.1. The molecule has 0 radical (unpaired) electrons. The molecule has 0 saturated heterocycles. The number of aromatic nitrogens is 4. The molecule has 1 amide bonds. The molecule has 0 bridgehead atoms. The molecule has 0 aliphatic heterocycles. The minimum atomic E-state index is -0.610. The molecule has 0 unspecified atom stereocenters. The van der Waals surface area contributed by atoms with Crippen LogP contribution in [0.25, 0.3) is 21.6 Å². The van der Waals surface area contributed by atoms with Gasteiger partial charge >= 0.3 is 5.69 Å². The molecule has 1 N–H and O–H groups in total. The highest BCUT2D eigenvalue weighted by Crippen LogP contribution is 2.26. The average Bonchev–Trinajstić information content (AvgIpc) is 3.19. The first-order valence-corrected chi connectivity index (χ1v) is 9.86. The number of carbonyl (C=O) groups excluding carboxylic acids is 1. The zero-order chi connectivity index (χ0) is 21.3. The van der Waals surface area contributed by atoms with Gasteiger partial charge < -0.3 is 5.32 Å². The lowest BCUT2D eigenvalue weighted by Crippen LogP contribution is -2.41. The molecule has 0 saturated carbocycles. The van der Waals surface area contributed by atoms with Crippen molar-refractivity contribution in [2.24, 2.45) is 0 Å². The standard InChI is InChI=1S/C20H16FN5O3S/c1-2-25-19(28)18-17(16(24-30-18)14-5-3-4-10-22-14)26(20(25)29)11-15(27)23-13-8-6-12(21)7-9-13/h3-10H,2,11H2,1H3,(H,23,27). The maximum Gasteiger partial charge on any atom is 0.332 e. The lowest BCUT2D eigenvalue weighted by atomic mass is 10.2. The Morgan fingerprint density at radius 1 is 1.13 bits per heavy atom. The molecule has 8 nitrogen and oxygen atoms in total. The molecule has 4 aromatic rings. The van der Waals surface area contributed by atoms with E-state index >= 15 is 0 Å². The van der Waals surface area contributed by atoms with E-state index in [1.165, 1.54) is 28.8 Å². The van der Waals surface area contributed by atoms with E-state index in [0.29, 0.717) is 17.1 Å². The lowest BCUT2D eigenvalue weighted by Gasteiger charge is -2.12. The van der Waals surface area contributed by atoms with E-state index in [0.717, 1.165) is 16.1 Å². The van der Waals surface area contributed by atoms with Gasteiger partial charge in [-0.15, -0.1) is 0 Å². The van der Waals surface area contributed by atoms with Crippen LogP contribution in [0.3, 0.4) is 0 Å². The van der Waals surface area contributed by atoms with Gasteiger partial charge in [-0.1, -0.05) is 6.07 Å². The average molecular weight is 425 g/mol. The Kier molecular flexibility index (Phi) is 5.23. The fraction of sp³-hybridized carbons (Fsp3) is 0.150. The van der Waals surface area contributed by atoms with Gasteiger partial charge in [0.1, 0.15) is 22.8 Å². The molecule has 1 aromatic carbocycles. The number of hydrogen-bond donors (Lipinski definition) is 1. The molecule has 0 aliphatic carbocycles. The first-order valence-electron chi connectivity index (χ1n) is 9.09. The van der Waals surface area contributed by atoms with Gasteiger partial charge in [0.05, 0.1) is 11.2 Å². The summed E-state index contributed by atoms with van der Waals surface area (Å²) in [7, 11) is 0. The van der Waals surface area contributed by atoms with Crippen molar-refractivity contribution in [1.29, 1.82) is 0 Å². The second-order valence-corrected chi connectivity index (χ2v) is 7.17. The van der Waals surface area contributed by atoms with Crippen molar-refractivity contribution >= 4 is 33.3 Å². The van der Waals surface area contributed by atoms with Gasteiger partial charge in [-0.2, -0.15) is 4.37 Å². The van der Waals surface area contributed by atoms with Gasteiger partial charge in [-0.3, -0.25) is 23.7 Å². The van der Waals surface area contributed by atoms with E-state index < -0.39 is 23.0 Å². The van der Waals surface area contributed by atoms with Crippen LogP contribution in [0, 0.1) is 5.82 Å². The van der Waals surface area contributed by atoms with Gasteiger partial charge in [0.2, 0.25) is 5.91 Å². The van der Waals surface area contributed by atoms with Gasteiger partial charge in [-0.25, -0.2) is 9.18 Å². The first-order chi connectivity index (χ1) is 14.5. The summed E-state index contributed by atoms with van der Waals surface area (Å²) in [6.07, 6.45) is 1.58. The zero-order valence-corrected chi connectivity index (χ0v) is 16.6. The number of halogens is 1. The van der Waals surface area contributed by atoms with E-state index in [2.05, 4.69) is 14.7 Å². The van der Waals surface area contributed by atoms with Crippen molar-refractivity contribution < 1.29 is 9.18 Å². The Hall–Kier alpha value is -3.66.